The first-order valence-corrected chi connectivity index (χ1v) is 10.6. The Kier molecular flexibility index (Phi) is 5.37. The number of carbonyl (C=O) groups excluding carboxylic acids is 1. The number of fused-ring (bicyclic) bond motifs is 1. The molecule has 1 saturated heterocycles. The van der Waals surface area contributed by atoms with Gasteiger partial charge in [0.15, 0.2) is 5.78 Å². The summed E-state index contributed by atoms with van der Waals surface area (Å²) in [6.07, 6.45) is 4.40. The minimum atomic E-state index is 0.0553. The van der Waals surface area contributed by atoms with Gasteiger partial charge in [0, 0.05) is 34.6 Å². The first-order chi connectivity index (χ1) is 14.2. The van der Waals surface area contributed by atoms with Crippen molar-refractivity contribution in [2.45, 2.75) is 58.0 Å². The molecule has 4 heteroatoms. The summed E-state index contributed by atoms with van der Waals surface area (Å²) >= 11 is 0. The fraction of sp³-hybridized carbons (Fsp3) is 0.385. The van der Waals surface area contributed by atoms with Gasteiger partial charge < -0.3 is 10.1 Å². The van der Waals surface area contributed by atoms with E-state index in [2.05, 4.69) is 38.0 Å². The summed E-state index contributed by atoms with van der Waals surface area (Å²) in [5.41, 5.74) is 1.80. The lowest BCUT2D eigenvalue weighted by molar-refractivity contribution is 0.0864. The molecular weight excluding hydrogens is 372 g/mol. The zero-order chi connectivity index (χ0) is 21.4. The van der Waals surface area contributed by atoms with Crippen molar-refractivity contribution in [1.29, 1.82) is 0 Å². The zero-order valence-corrected chi connectivity index (χ0v) is 18.2. The number of ketones is 1. The van der Waals surface area contributed by atoms with Crippen molar-refractivity contribution in [3.8, 4) is 11.5 Å². The average molecular weight is 403 g/mol. The van der Waals surface area contributed by atoms with E-state index in [0.717, 1.165) is 40.8 Å². The Morgan fingerprint density at radius 2 is 1.67 bits per heavy atom. The fourth-order valence-electron chi connectivity index (χ4n) is 5.02. The second kappa shape index (κ2) is 7.84. The minimum absolute atomic E-state index is 0.0553. The molecule has 1 fully saturated rings. The summed E-state index contributed by atoms with van der Waals surface area (Å²) in [5.74, 6) is 2.08. The van der Waals surface area contributed by atoms with E-state index in [-0.39, 0.29) is 16.9 Å². The molecule has 3 aromatic rings. The Bertz CT molecular complexity index is 1040. The summed E-state index contributed by atoms with van der Waals surface area (Å²) in [4.78, 5) is 17.2. The molecule has 0 atom stereocenters. The number of Topliss-reactive ketones (excluding diaryl/α,β-unsaturated/α-hetero) is 1. The SMILES string of the molecule is CC1(C)CC(CC(=O)c2ccc(Oc3ccc4ncccc4c3)cc2)CC(C)(C)N1. The number of nitrogens with one attached hydrogen (secondary N) is 1. The lowest BCUT2D eigenvalue weighted by Crippen LogP contribution is -2.57. The van der Waals surface area contributed by atoms with E-state index < -0.39 is 0 Å². The molecule has 1 aliphatic rings. The Morgan fingerprint density at radius 1 is 1.00 bits per heavy atom. The number of hydrogen-bond donors (Lipinski definition) is 1. The van der Waals surface area contributed by atoms with Gasteiger partial charge in [0.25, 0.3) is 0 Å². The van der Waals surface area contributed by atoms with Gasteiger partial charge in [0.1, 0.15) is 11.5 Å². The van der Waals surface area contributed by atoms with E-state index in [4.69, 9.17) is 4.74 Å². The predicted octanol–water partition coefficient (Wildman–Crippen LogP) is 6.16. The van der Waals surface area contributed by atoms with Gasteiger partial charge in [-0.2, -0.15) is 0 Å². The van der Waals surface area contributed by atoms with Crippen LogP contribution >= 0.6 is 0 Å². The van der Waals surface area contributed by atoms with E-state index >= 15 is 0 Å². The molecule has 4 rings (SSSR count). The smallest absolute Gasteiger partial charge is 0.163 e. The Hall–Kier alpha value is -2.72. The van der Waals surface area contributed by atoms with Crippen LogP contribution in [0.5, 0.6) is 11.5 Å². The van der Waals surface area contributed by atoms with Gasteiger partial charge in [-0.25, -0.2) is 0 Å². The average Bonchev–Trinajstić information content (AvgIpc) is 2.66. The van der Waals surface area contributed by atoms with Gasteiger partial charge in [-0.1, -0.05) is 6.07 Å². The van der Waals surface area contributed by atoms with Crippen molar-refractivity contribution in [3.63, 3.8) is 0 Å². The molecule has 0 saturated carbocycles. The third kappa shape index (κ3) is 4.88. The summed E-state index contributed by atoms with van der Waals surface area (Å²) in [7, 11) is 0. The van der Waals surface area contributed by atoms with Gasteiger partial charge in [-0.15, -0.1) is 0 Å². The van der Waals surface area contributed by atoms with Crippen LogP contribution < -0.4 is 10.1 Å². The maximum absolute atomic E-state index is 12.9. The number of hydrogen-bond acceptors (Lipinski definition) is 4. The third-order valence-electron chi connectivity index (χ3n) is 5.74. The molecule has 30 heavy (non-hydrogen) atoms. The molecule has 2 heterocycles. The number of pyridine rings is 1. The van der Waals surface area contributed by atoms with Crippen LogP contribution in [0.1, 0.15) is 57.3 Å². The van der Waals surface area contributed by atoms with E-state index in [1.165, 1.54) is 0 Å². The maximum atomic E-state index is 12.9. The molecule has 4 nitrogen and oxygen atoms in total. The zero-order valence-electron chi connectivity index (χ0n) is 18.2. The van der Waals surface area contributed by atoms with Gasteiger partial charge >= 0.3 is 0 Å². The van der Waals surface area contributed by atoms with Gasteiger partial charge in [0.05, 0.1) is 5.52 Å². The largest absolute Gasteiger partial charge is 0.457 e. The summed E-state index contributed by atoms with van der Waals surface area (Å²) < 4.78 is 5.98. The highest BCUT2D eigenvalue weighted by atomic mass is 16.5. The second-order valence-electron chi connectivity index (χ2n) is 9.78. The van der Waals surface area contributed by atoms with Gasteiger partial charge in [-0.05, 0) is 95.0 Å². The molecule has 0 bridgehead atoms. The third-order valence-corrected chi connectivity index (χ3v) is 5.74. The molecule has 0 aliphatic carbocycles. The minimum Gasteiger partial charge on any atom is -0.457 e. The Morgan fingerprint density at radius 3 is 2.37 bits per heavy atom. The number of aromatic nitrogens is 1. The first kappa shape index (κ1) is 20.5. The van der Waals surface area contributed by atoms with Crippen molar-refractivity contribution in [1.82, 2.24) is 10.3 Å². The molecule has 1 aliphatic heterocycles. The monoisotopic (exact) mass is 402 g/mol. The molecule has 0 amide bonds. The van der Waals surface area contributed by atoms with Crippen molar-refractivity contribution in [2.24, 2.45) is 5.92 Å². The molecule has 156 valence electrons. The highest BCUT2D eigenvalue weighted by Gasteiger charge is 2.38. The lowest BCUT2D eigenvalue weighted by atomic mass is 9.74. The van der Waals surface area contributed by atoms with Crippen molar-refractivity contribution >= 4 is 16.7 Å². The normalized spacial score (nSPS) is 18.3. The van der Waals surface area contributed by atoms with E-state index in [1.54, 1.807) is 6.20 Å². The number of ether oxygens (including phenoxy) is 1. The van der Waals surface area contributed by atoms with Crippen LogP contribution in [-0.4, -0.2) is 21.8 Å². The van der Waals surface area contributed by atoms with E-state index in [0.29, 0.717) is 12.3 Å². The highest BCUT2D eigenvalue weighted by molar-refractivity contribution is 5.96. The van der Waals surface area contributed by atoms with Gasteiger partial charge in [0.2, 0.25) is 0 Å². The van der Waals surface area contributed by atoms with Crippen LogP contribution in [0.4, 0.5) is 0 Å². The van der Waals surface area contributed by atoms with Crippen LogP contribution in [0.25, 0.3) is 10.9 Å². The van der Waals surface area contributed by atoms with E-state index in [9.17, 15) is 4.79 Å². The number of benzene rings is 2. The Labute approximate surface area is 178 Å². The maximum Gasteiger partial charge on any atom is 0.163 e. The van der Waals surface area contributed by atoms with Crippen LogP contribution in [-0.2, 0) is 0 Å². The molecule has 1 aromatic heterocycles. The van der Waals surface area contributed by atoms with Crippen molar-refractivity contribution in [3.05, 3.63) is 66.4 Å². The molecule has 0 spiro atoms. The standard InChI is InChI=1S/C26H30N2O2/c1-25(2)16-18(17-26(3,4)28-25)14-24(29)19-7-9-21(10-8-19)30-22-11-12-23-20(15-22)6-5-13-27-23/h5-13,15,18,28H,14,16-17H2,1-4H3. The van der Waals surface area contributed by atoms with Crippen LogP contribution in [0, 0.1) is 5.92 Å². The molecule has 0 unspecified atom stereocenters. The molecule has 2 aromatic carbocycles. The van der Waals surface area contributed by atoms with Crippen LogP contribution in [0.3, 0.4) is 0 Å². The van der Waals surface area contributed by atoms with E-state index in [1.807, 2.05) is 54.6 Å². The second-order valence-corrected chi connectivity index (χ2v) is 9.78. The quantitative estimate of drug-likeness (QED) is 0.520. The molecular formula is C26H30N2O2. The predicted molar refractivity (Wildman–Crippen MR) is 121 cm³/mol. The summed E-state index contributed by atoms with van der Waals surface area (Å²) in [6, 6.07) is 17.3. The number of piperidine rings is 1. The number of carbonyl (C=O) groups is 1. The first-order valence-electron chi connectivity index (χ1n) is 10.6. The molecule has 0 radical (unpaired) electrons. The number of rotatable bonds is 5. The van der Waals surface area contributed by atoms with Crippen molar-refractivity contribution in [2.75, 3.05) is 0 Å². The molecule has 1 N–H and O–H groups in total. The van der Waals surface area contributed by atoms with Gasteiger partial charge in [-0.3, -0.25) is 9.78 Å². The Balaban J connectivity index is 1.42. The topological polar surface area (TPSA) is 51.2 Å². The summed E-state index contributed by atoms with van der Waals surface area (Å²) in [6.45, 7) is 8.89. The fourth-order valence-corrected chi connectivity index (χ4v) is 5.02. The number of nitrogens with zero attached hydrogens (tertiary/aromatic N) is 1. The van der Waals surface area contributed by atoms with Crippen LogP contribution in [0.15, 0.2) is 60.8 Å². The highest BCUT2D eigenvalue weighted by Crippen LogP contribution is 2.35. The van der Waals surface area contributed by atoms with Crippen molar-refractivity contribution < 1.29 is 9.53 Å². The lowest BCUT2D eigenvalue weighted by Gasteiger charge is -2.46. The van der Waals surface area contributed by atoms with Crippen LogP contribution in [0.2, 0.25) is 0 Å². The summed E-state index contributed by atoms with van der Waals surface area (Å²) in [5, 5.41) is 4.72.